The molecule has 1 atom stereocenters. The molecule has 0 fully saturated rings. The number of hydrogen-bond donors (Lipinski definition) is 0. The van der Waals surface area contributed by atoms with Gasteiger partial charge in [0.2, 0.25) is 0 Å². The van der Waals surface area contributed by atoms with Gasteiger partial charge in [-0.1, -0.05) is 90.9 Å². The second-order valence-electron chi connectivity index (χ2n) is 6.82. The summed E-state index contributed by atoms with van der Waals surface area (Å²) in [7, 11) is -4.34. The summed E-state index contributed by atoms with van der Waals surface area (Å²) >= 11 is 0. The molecule has 0 amide bonds. The maximum absolute atomic E-state index is 11.3. The number of ether oxygens (including phenoxy) is 1. The first-order chi connectivity index (χ1) is 11.5. The summed E-state index contributed by atoms with van der Waals surface area (Å²) in [4.78, 5) is 0. The van der Waals surface area contributed by atoms with E-state index in [2.05, 4.69) is 13.8 Å². The van der Waals surface area contributed by atoms with Crippen LogP contribution in [-0.4, -0.2) is 25.0 Å². The summed E-state index contributed by atoms with van der Waals surface area (Å²) < 4.78 is 39.2. The Morgan fingerprint density at radius 2 is 1.12 bits per heavy atom. The average Bonchev–Trinajstić information content (AvgIpc) is 2.53. The number of rotatable bonds is 18. The van der Waals surface area contributed by atoms with Crippen LogP contribution in [0.1, 0.15) is 110 Å². The minimum atomic E-state index is -4.34. The fourth-order valence-corrected chi connectivity index (χ4v) is 3.57. The molecule has 146 valence electrons. The second kappa shape index (κ2) is 19.6. The van der Waals surface area contributed by atoms with Gasteiger partial charge in [-0.25, -0.2) is 8.42 Å². The quantitative estimate of drug-likeness (QED) is 0.206. The largest absolute Gasteiger partial charge is 1.00 e. The Kier molecular flexibility index (Phi) is 22.0. The summed E-state index contributed by atoms with van der Waals surface area (Å²) in [5, 5.41) is 0. The standard InChI is InChI=1S/C19H40O4S.Na/c1-3-5-7-9-10-11-12-14-16-18-23-19(24(20,21)22)17-15-13-8-6-4-2;/h19H,3-18H2,1-2H3,(H,20,21,22);/q;+1/p-1. The Bertz CT molecular complexity index is 360. The Morgan fingerprint density at radius 1 is 0.720 bits per heavy atom. The van der Waals surface area contributed by atoms with Crippen LogP contribution in [0.4, 0.5) is 0 Å². The smallest absolute Gasteiger partial charge is 0.746 e. The molecule has 0 bridgehead atoms. The van der Waals surface area contributed by atoms with Crippen molar-refractivity contribution in [2.75, 3.05) is 6.61 Å². The Labute approximate surface area is 178 Å². The minimum absolute atomic E-state index is 0. The topological polar surface area (TPSA) is 66.4 Å². The molecule has 0 aromatic heterocycles. The van der Waals surface area contributed by atoms with Gasteiger partial charge in [0.1, 0.15) is 15.6 Å². The predicted molar refractivity (Wildman–Crippen MR) is 100 cm³/mol. The van der Waals surface area contributed by atoms with Gasteiger partial charge in [-0.15, -0.1) is 0 Å². The van der Waals surface area contributed by atoms with Gasteiger partial charge < -0.3 is 9.29 Å². The fraction of sp³-hybridized carbons (Fsp3) is 1.00. The minimum Gasteiger partial charge on any atom is -0.746 e. The van der Waals surface area contributed by atoms with Crippen LogP contribution in [0.5, 0.6) is 0 Å². The second-order valence-corrected chi connectivity index (χ2v) is 8.34. The summed E-state index contributed by atoms with van der Waals surface area (Å²) in [5.41, 5.74) is -1.15. The van der Waals surface area contributed by atoms with Gasteiger partial charge in [0, 0.05) is 6.61 Å². The molecule has 0 radical (unpaired) electrons. The summed E-state index contributed by atoms with van der Waals surface area (Å²) in [6.45, 7) is 4.75. The van der Waals surface area contributed by atoms with Crippen LogP contribution in [0.2, 0.25) is 0 Å². The molecule has 0 spiro atoms. The van der Waals surface area contributed by atoms with E-state index in [1.165, 1.54) is 44.9 Å². The number of unbranched alkanes of at least 4 members (excludes halogenated alkanes) is 12. The van der Waals surface area contributed by atoms with Crippen LogP contribution >= 0.6 is 0 Å². The first-order valence-corrected chi connectivity index (χ1v) is 11.6. The molecule has 4 nitrogen and oxygen atoms in total. The van der Waals surface area contributed by atoms with E-state index in [-0.39, 0.29) is 29.6 Å². The predicted octanol–water partition coefficient (Wildman–Crippen LogP) is 2.77. The molecule has 0 rings (SSSR count). The molecule has 25 heavy (non-hydrogen) atoms. The van der Waals surface area contributed by atoms with Crippen molar-refractivity contribution in [1.29, 1.82) is 0 Å². The van der Waals surface area contributed by atoms with Crippen molar-refractivity contribution >= 4 is 10.1 Å². The molecule has 0 aliphatic rings. The summed E-state index contributed by atoms with van der Waals surface area (Å²) in [6, 6.07) is 0. The zero-order valence-corrected chi connectivity index (χ0v) is 19.7. The monoisotopic (exact) mass is 386 g/mol. The molecule has 0 aromatic rings. The third-order valence-corrected chi connectivity index (χ3v) is 5.43. The summed E-state index contributed by atoms with van der Waals surface area (Å²) in [6.07, 6.45) is 16.3. The van der Waals surface area contributed by atoms with E-state index in [1.54, 1.807) is 0 Å². The molecule has 0 aliphatic heterocycles. The Morgan fingerprint density at radius 3 is 1.56 bits per heavy atom. The van der Waals surface area contributed by atoms with Crippen molar-refractivity contribution in [2.24, 2.45) is 0 Å². The van der Waals surface area contributed by atoms with Crippen LogP contribution in [0.25, 0.3) is 0 Å². The fourth-order valence-electron chi connectivity index (χ4n) is 2.85. The normalized spacial score (nSPS) is 12.8. The average molecular weight is 387 g/mol. The Hall–Kier alpha value is 0.870. The molecule has 0 saturated carbocycles. The van der Waals surface area contributed by atoms with E-state index in [1.807, 2.05) is 0 Å². The Balaban J connectivity index is 0. The van der Waals surface area contributed by atoms with Crippen molar-refractivity contribution in [3.63, 3.8) is 0 Å². The molecule has 0 N–H and O–H groups in total. The van der Waals surface area contributed by atoms with Gasteiger partial charge in [-0.3, -0.25) is 0 Å². The molecule has 0 saturated heterocycles. The molecule has 1 unspecified atom stereocenters. The summed E-state index contributed by atoms with van der Waals surface area (Å²) in [5.74, 6) is 0. The first kappa shape index (κ1) is 28.1. The van der Waals surface area contributed by atoms with Gasteiger partial charge in [-0.05, 0) is 19.3 Å². The van der Waals surface area contributed by atoms with Crippen LogP contribution in [0.15, 0.2) is 0 Å². The third kappa shape index (κ3) is 19.4. The van der Waals surface area contributed by atoms with Crippen LogP contribution < -0.4 is 29.6 Å². The zero-order valence-electron chi connectivity index (χ0n) is 16.9. The van der Waals surface area contributed by atoms with Crippen LogP contribution in [-0.2, 0) is 14.9 Å². The van der Waals surface area contributed by atoms with E-state index >= 15 is 0 Å². The van der Waals surface area contributed by atoms with Crippen molar-refractivity contribution in [3.05, 3.63) is 0 Å². The molecule has 0 aromatic carbocycles. The van der Waals surface area contributed by atoms with Gasteiger partial charge >= 0.3 is 29.6 Å². The molecule has 0 heterocycles. The van der Waals surface area contributed by atoms with E-state index in [9.17, 15) is 13.0 Å². The van der Waals surface area contributed by atoms with Crippen molar-refractivity contribution in [2.45, 2.75) is 116 Å². The van der Waals surface area contributed by atoms with Gasteiger partial charge in [0.15, 0.2) is 0 Å². The van der Waals surface area contributed by atoms with E-state index in [4.69, 9.17) is 4.74 Å². The first-order valence-electron chi connectivity index (χ1n) is 10.1. The van der Waals surface area contributed by atoms with Crippen LogP contribution in [0.3, 0.4) is 0 Å². The maximum atomic E-state index is 11.3. The maximum Gasteiger partial charge on any atom is 1.00 e. The van der Waals surface area contributed by atoms with Gasteiger partial charge in [-0.2, -0.15) is 0 Å². The van der Waals surface area contributed by atoms with Crippen molar-refractivity contribution < 1.29 is 47.3 Å². The van der Waals surface area contributed by atoms with Crippen molar-refractivity contribution in [3.8, 4) is 0 Å². The number of hydrogen-bond acceptors (Lipinski definition) is 4. The molecular weight excluding hydrogens is 347 g/mol. The zero-order chi connectivity index (χ0) is 18.1. The van der Waals surface area contributed by atoms with Gasteiger partial charge in [0.05, 0.1) is 0 Å². The van der Waals surface area contributed by atoms with E-state index in [0.29, 0.717) is 13.0 Å². The molecule has 6 heteroatoms. The molecule has 0 aliphatic carbocycles. The van der Waals surface area contributed by atoms with Crippen LogP contribution in [0, 0.1) is 0 Å². The van der Waals surface area contributed by atoms with Crippen molar-refractivity contribution in [1.82, 2.24) is 0 Å². The third-order valence-electron chi connectivity index (χ3n) is 4.42. The SMILES string of the molecule is CCCCCCCCCCCOC(CCCCCCC)S(=O)(=O)[O-].[Na+]. The van der Waals surface area contributed by atoms with E-state index in [0.717, 1.165) is 44.9 Å². The molecular formula is C19H39NaO4S. The van der Waals surface area contributed by atoms with Gasteiger partial charge in [0.25, 0.3) is 0 Å². The van der Waals surface area contributed by atoms with E-state index < -0.39 is 15.6 Å².